The lowest BCUT2D eigenvalue weighted by molar-refractivity contribution is 0.626. The van der Waals surface area contributed by atoms with E-state index in [1.165, 1.54) is 12.1 Å². The normalized spacial score (nSPS) is 11.5. The SMILES string of the molecule is CNNC(N)=Nc1ccc(F)cc1C. The van der Waals surface area contributed by atoms with Gasteiger partial charge in [-0.2, -0.15) is 0 Å². The predicted molar refractivity (Wildman–Crippen MR) is 54.6 cm³/mol. The van der Waals surface area contributed by atoms with E-state index >= 15 is 0 Å². The minimum absolute atomic E-state index is 0.238. The van der Waals surface area contributed by atoms with E-state index in [2.05, 4.69) is 15.8 Å². The molecule has 0 aromatic heterocycles. The fourth-order valence-electron chi connectivity index (χ4n) is 1.03. The third kappa shape index (κ3) is 2.70. The fourth-order valence-corrected chi connectivity index (χ4v) is 1.03. The van der Waals surface area contributed by atoms with Crippen molar-refractivity contribution in [2.45, 2.75) is 6.92 Å². The molecule has 0 bridgehead atoms. The largest absolute Gasteiger partial charge is 0.369 e. The van der Waals surface area contributed by atoms with Crippen LogP contribution in [0.5, 0.6) is 0 Å². The van der Waals surface area contributed by atoms with Crippen LogP contribution in [0.15, 0.2) is 23.2 Å². The molecule has 0 amide bonds. The molecule has 76 valence electrons. The third-order valence-electron chi connectivity index (χ3n) is 1.65. The van der Waals surface area contributed by atoms with E-state index in [0.29, 0.717) is 5.69 Å². The highest BCUT2D eigenvalue weighted by Gasteiger charge is 1.98. The highest BCUT2D eigenvalue weighted by Crippen LogP contribution is 2.18. The first-order valence-electron chi connectivity index (χ1n) is 4.16. The summed E-state index contributed by atoms with van der Waals surface area (Å²) in [4.78, 5) is 4.04. The van der Waals surface area contributed by atoms with Crippen LogP contribution in [-0.4, -0.2) is 13.0 Å². The number of aliphatic imine (C=N–C) groups is 1. The van der Waals surface area contributed by atoms with Gasteiger partial charge in [-0.05, 0) is 30.7 Å². The zero-order chi connectivity index (χ0) is 10.6. The third-order valence-corrected chi connectivity index (χ3v) is 1.65. The van der Waals surface area contributed by atoms with Crippen molar-refractivity contribution in [1.29, 1.82) is 0 Å². The average Bonchev–Trinajstić information content (AvgIpc) is 2.10. The van der Waals surface area contributed by atoms with Crippen LogP contribution in [0, 0.1) is 12.7 Å². The second-order valence-corrected chi connectivity index (χ2v) is 2.80. The van der Waals surface area contributed by atoms with E-state index in [1.807, 2.05) is 0 Å². The van der Waals surface area contributed by atoms with Crippen molar-refractivity contribution in [2.75, 3.05) is 7.05 Å². The Balaban J connectivity index is 2.91. The summed E-state index contributed by atoms with van der Waals surface area (Å²) in [5, 5.41) is 0. The highest BCUT2D eigenvalue weighted by atomic mass is 19.1. The van der Waals surface area contributed by atoms with Gasteiger partial charge in [-0.15, -0.1) is 0 Å². The number of rotatable bonds is 2. The lowest BCUT2D eigenvalue weighted by atomic mass is 10.2. The molecule has 0 aliphatic carbocycles. The molecule has 4 N–H and O–H groups in total. The van der Waals surface area contributed by atoms with Gasteiger partial charge in [0.15, 0.2) is 0 Å². The number of benzene rings is 1. The van der Waals surface area contributed by atoms with Crippen LogP contribution in [0.2, 0.25) is 0 Å². The van der Waals surface area contributed by atoms with E-state index in [0.717, 1.165) is 5.56 Å². The standard InChI is InChI=1S/C9H13FN4/c1-6-5-7(10)3-4-8(6)13-9(11)14-12-2/h3-5,12H,1-2H3,(H3,11,13,14). The van der Waals surface area contributed by atoms with Crippen LogP contribution in [0.3, 0.4) is 0 Å². The molecule has 4 nitrogen and oxygen atoms in total. The Labute approximate surface area is 82.0 Å². The van der Waals surface area contributed by atoms with Gasteiger partial charge in [0.1, 0.15) is 5.82 Å². The molecule has 0 heterocycles. The number of aryl methyl sites for hydroxylation is 1. The quantitative estimate of drug-likeness (QED) is 0.372. The first-order chi connectivity index (χ1) is 6.63. The van der Waals surface area contributed by atoms with Crippen molar-refractivity contribution in [3.63, 3.8) is 0 Å². The maximum Gasteiger partial charge on any atom is 0.208 e. The second kappa shape index (κ2) is 4.57. The Morgan fingerprint density at radius 3 is 2.79 bits per heavy atom. The molecule has 1 rings (SSSR count). The maximum atomic E-state index is 12.7. The second-order valence-electron chi connectivity index (χ2n) is 2.80. The van der Waals surface area contributed by atoms with E-state index in [1.54, 1.807) is 20.0 Å². The summed E-state index contributed by atoms with van der Waals surface area (Å²) in [7, 11) is 1.68. The number of hydrogen-bond acceptors (Lipinski definition) is 2. The zero-order valence-corrected chi connectivity index (χ0v) is 8.13. The molecule has 0 saturated heterocycles. The van der Waals surface area contributed by atoms with Crippen molar-refractivity contribution >= 4 is 11.6 Å². The van der Waals surface area contributed by atoms with Crippen LogP contribution in [-0.2, 0) is 0 Å². The molecule has 1 aromatic rings. The summed E-state index contributed by atoms with van der Waals surface area (Å²) in [6.45, 7) is 1.77. The van der Waals surface area contributed by atoms with Crippen molar-refractivity contribution < 1.29 is 4.39 Å². The van der Waals surface area contributed by atoms with Crippen molar-refractivity contribution in [1.82, 2.24) is 10.9 Å². The summed E-state index contributed by atoms with van der Waals surface area (Å²) < 4.78 is 12.7. The molecule has 0 unspecified atom stereocenters. The number of nitrogens with zero attached hydrogens (tertiary/aromatic N) is 1. The van der Waals surface area contributed by atoms with Crippen LogP contribution in [0.1, 0.15) is 5.56 Å². The Morgan fingerprint density at radius 2 is 2.21 bits per heavy atom. The first kappa shape index (κ1) is 10.5. The number of halogens is 1. The predicted octanol–water partition coefficient (Wildman–Crippen LogP) is 0.804. The maximum absolute atomic E-state index is 12.7. The minimum atomic E-state index is -0.276. The molecule has 0 fully saturated rings. The lowest BCUT2D eigenvalue weighted by Crippen LogP contribution is -2.39. The number of nitrogens with one attached hydrogen (secondary N) is 2. The fraction of sp³-hybridized carbons (Fsp3) is 0.222. The summed E-state index contributed by atoms with van der Waals surface area (Å²) >= 11 is 0. The monoisotopic (exact) mass is 196 g/mol. The molecular weight excluding hydrogens is 183 g/mol. The van der Waals surface area contributed by atoms with Crippen LogP contribution < -0.4 is 16.6 Å². The van der Waals surface area contributed by atoms with E-state index in [9.17, 15) is 4.39 Å². The van der Waals surface area contributed by atoms with Gasteiger partial charge in [0, 0.05) is 7.05 Å². The molecule has 0 aliphatic heterocycles. The molecule has 0 radical (unpaired) electrons. The number of hydrogen-bond donors (Lipinski definition) is 3. The molecule has 0 atom stereocenters. The van der Waals surface area contributed by atoms with E-state index in [-0.39, 0.29) is 11.8 Å². The molecule has 5 heteroatoms. The summed E-state index contributed by atoms with van der Waals surface area (Å²) in [6.07, 6.45) is 0. The van der Waals surface area contributed by atoms with Gasteiger partial charge in [0.2, 0.25) is 5.96 Å². The lowest BCUT2D eigenvalue weighted by Gasteiger charge is -2.04. The van der Waals surface area contributed by atoms with Crippen molar-refractivity contribution in [3.8, 4) is 0 Å². The van der Waals surface area contributed by atoms with Gasteiger partial charge in [0.25, 0.3) is 0 Å². The molecule has 0 aliphatic rings. The highest BCUT2D eigenvalue weighted by molar-refractivity contribution is 5.80. The molecule has 1 aromatic carbocycles. The minimum Gasteiger partial charge on any atom is -0.369 e. The Kier molecular flexibility index (Phi) is 3.41. The van der Waals surface area contributed by atoms with Crippen LogP contribution >= 0.6 is 0 Å². The first-order valence-corrected chi connectivity index (χ1v) is 4.16. The molecule has 14 heavy (non-hydrogen) atoms. The number of hydrazine groups is 1. The van der Waals surface area contributed by atoms with Crippen LogP contribution in [0.4, 0.5) is 10.1 Å². The summed E-state index contributed by atoms with van der Waals surface area (Å²) in [6, 6.07) is 4.33. The topological polar surface area (TPSA) is 62.4 Å². The Bertz CT molecular complexity index is 349. The number of guanidine groups is 1. The Morgan fingerprint density at radius 1 is 1.50 bits per heavy atom. The van der Waals surface area contributed by atoms with Crippen molar-refractivity contribution in [2.24, 2.45) is 10.7 Å². The molecule has 0 spiro atoms. The molecular formula is C9H13FN4. The van der Waals surface area contributed by atoms with Gasteiger partial charge >= 0.3 is 0 Å². The van der Waals surface area contributed by atoms with Gasteiger partial charge in [-0.25, -0.2) is 14.8 Å². The molecule has 0 saturated carbocycles. The number of nitrogens with two attached hydrogens (primary N) is 1. The van der Waals surface area contributed by atoms with Gasteiger partial charge in [0.05, 0.1) is 5.69 Å². The van der Waals surface area contributed by atoms with Crippen molar-refractivity contribution in [3.05, 3.63) is 29.6 Å². The van der Waals surface area contributed by atoms with E-state index in [4.69, 9.17) is 5.73 Å². The van der Waals surface area contributed by atoms with E-state index < -0.39 is 0 Å². The average molecular weight is 196 g/mol. The zero-order valence-electron chi connectivity index (χ0n) is 8.13. The summed E-state index contributed by atoms with van der Waals surface area (Å²) in [5.41, 5.74) is 12.2. The summed E-state index contributed by atoms with van der Waals surface area (Å²) in [5.74, 6) is -0.0381. The smallest absolute Gasteiger partial charge is 0.208 e. The van der Waals surface area contributed by atoms with Gasteiger partial charge < -0.3 is 5.73 Å². The van der Waals surface area contributed by atoms with Gasteiger partial charge in [-0.1, -0.05) is 0 Å². The Hall–Kier alpha value is -1.62. The van der Waals surface area contributed by atoms with Gasteiger partial charge in [-0.3, -0.25) is 5.43 Å². The van der Waals surface area contributed by atoms with Crippen LogP contribution in [0.25, 0.3) is 0 Å².